The fourth-order valence-electron chi connectivity index (χ4n) is 2.77. The van der Waals surface area contributed by atoms with Crippen LogP contribution in [0.4, 0.5) is 0 Å². The zero-order valence-corrected chi connectivity index (χ0v) is 9.07. The van der Waals surface area contributed by atoms with Crippen molar-refractivity contribution in [3.8, 4) is 0 Å². The zero-order valence-electron chi connectivity index (χ0n) is 9.07. The fraction of sp³-hybridized carbons (Fsp3) is 0.909. The first kappa shape index (κ1) is 9.97. The molecule has 0 aromatic heterocycles. The molecule has 1 aliphatic heterocycles. The molecule has 3 heteroatoms. The van der Waals surface area contributed by atoms with Crippen molar-refractivity contribution in [2.45, 2.75) is 45.2 Å². The summed E-state index contributed by atoms with van der Waals surface area (Å²) < 4.78 is 0. The monoisotopic (exact) mass is 196 g/mol. The van der Waals surface area contributed by atoms with E-state index in [1.165, 1.54) is 19.3 Å². The van der Waals surface area contributed by atoms with Gasteiger partial charge in [-0.05, 0) is 18.3 Å². The normalized spacial score (nSPS) is 43.6. The number of carbonyl (C=O) groups is 1. The molecule has 0 aromatic carbocycles. The van der Waals surface area contributed by atoms with Gasteiger partial charge < -0.3 is 10.6 Å². The van der Waals surface area contributed by atoms with Gasteiger partial charge >= 0.3 is 0 Å². The lowest BCUT2D eigenvalue weighted by atomic mass is 9.76. The number of rotatable bonds is 1. The van der Waals surface area contributed by atoms with E-state index >= 15 is 0 Å². The molecule has 0 radical (unpaired) electrons. The number of β-lactam (4-membered cyclic amide) rings is 1. The maximum Gasteiger partial charge on any atom is 0.241 e. The van der Waals surface area contributed by atoms with E-state index in [0.717, 1.165) is 12.5 Å². The topological polar surface area (TPSA) is 46.3 Å². The summed E-state index contributed by atoms with van der Waals surface area (Å²) in [6.07, 6.45) is 3.74. The van der Waals surface area contributed by atoms with Crippen LogP contribution in [0.1, 0.15) is 33.1 Å². The third-order valence-corrected chi connectivity index (χ3v) is 4.06. The Bertz CT molecular complexity index is 241. The second-order valence-electron chi connectivity index (χ2n) is 4.93. The Balaban J connectivity index is 2.00. The number of nitrogens with two attached hydrogens (primary N) is 1. The molecule has 0 bridgehead atoms. The van der Waals surface area contributed by atoms with Gasteiger partial charge in [0.05, 0.1) is 0 Å². The molecule has 14 heavy (non-hydrogen) atoms. The Morgan fingerprint density at radius 2 is 2.07 bits per heavy atom. The van der Waals surface area contributed by atoms with E-state index in [0.29, 0.717) is 12.0 Å². The van der Waals surface area contributed by atoms with Crippen LogP contribution in [-0.4, -0.2) is 29.4 Å². The molecule has 0 aromatic rings. The van der Waals surface area contributed by atoms with Crippen molar-refractivity contribution in [1.29, 1.82) is 0 Å². The molecular weight excluding hydrogens is 176 g/mol. The first-order valence-electron chi connectivity index (χ1n) is 5.67. The highest BCUT2D eigenvalue weighted by atomic mass is 16.2. The average Bonchev–Trinajstić information content (AvgIpc) is 2.19. The molecular formula is C11H20N2O. The van der Waals surface area contributed by atoms with E-state index < -0.39 is 0 Å². The largest absolute Gasteiger partial charge is 0.336 e. The van der Waals surface area contributed by atoms with E-state index in [9.17, 15) is 4.79 Å². The van der Waals surface area contributed by atoms with Crippen LogP contribution >= 0.6 is 0 Å². The summed E-state index contributed by atoms with van der Waals surface area (Å²) in [7, 11) is 0. The Morgan fingerprint density at radius 1 is 1.36 bits per heavy atom. The zero-order chi connectivity index (χ0) is 10.3. The molecule has 1 heterocycles. The molecule has 4 unspecified atom stereocenters. The van der Waals surface area contributed by atoms with Gasteiger partial charge in [-0.3, -0.25) is 4.79 Å². The molecule has 2 rings (SSSR count). The van der Waals surface area contributed by atoms with Gasteiger partial charge in [-0.1, -0.05) is 26.7 Å². The molecule has 0 spiro atoms. The number of carbonyl (C=O) groups excluding carboxylic acids is 1. The predicted octanol–water partition coefficient (Wildman–Crippen LogP) is 0.981. The number of nitrogens with zero attached hydrogens (tertiary/aromatic N) is 1. The highest BCUT2D eigenvalue weighted by Crippen LogP contribution is 2.34. The fourth-order valence-corrected chi connectivity index (χ4v) is 2.77. The molecule has 3 nitrogen and oxygen atoms in total. The van der Waals surface area contributed by atoms with Gasteiger partial charge in [0.25, 0.3) is 0 Å². The summed E-state index contributed by atoms with van der Waals surface area (Å²) >= 11 is 0. The van der Waals surface area contributed by atoms with Crippen molar-refractivity contribution >= 4 is 5.91 Å². The lowest BCUT2D eigenvalue weighted by Gasteiger charge is -2.48. The Morgan fingerprint density at radius 3 is 2.64 bits per heavy atom. The van der Waals surface area contributed by atoms with Gasteiger partial charge in [-0.25, -0.2) is 0 Å². The Kier molecular flexibility index (Phi) is 2.52. The van der Waals surface area contributed by atoms with Crippen LogP contribution in [0.15, 0.2) is 0 Å². The maximum atomic E-state index is 11.5. The van der Waals surface area contributed by atoms with E-state index in [4.69, 9.17) is 5.73 Å². The lowest BCUT2D eigenvalue weighted by Crippen LogP contribution is -2.66. The van der Waals surface area contributed by atoms with Crippen molar-refractivity contribution in [3.63, 3.8) is 0 Å². The quantitative estimate of drug-likeness (QED) is 0.635. The van der Waals surface area contributed by atoms with Gasteiger partial charge in [-0.2, -0.15) is 0 Å². The standard InChI is InChI=1S/C11H20N2O/c1-7-4-3-5-10(8(7)2)13-6-9(12)11(13)14/h7-10H,3-6,12H2,1-2H3. The second-order valence-corrected chi connectivity index (χ2v) is 4.93. The van der Waals surface area contributed by atoms with Crippen LogP contribution in [-0.2, 0) is 4.79 Å². The van der Waals surface area contributed by atoms with Crippen LogP contribution in [0.25, 0.3) is 0 Å². The first-order chi connectivity index (χ1) is 6.61. The Labute approximate surface area is 85.6 Å². The molecule has 1 saturated heterocycles. The molecule has 2 N–H and O–H groups in total. The van der Waals surface area contributed by atoms with E-state index in [1.54, 1.807) is 0 Å². The summed E-state index contributed by atoms with van der Waals surface area (Å²) in [5, 5.41) is 0. The third kappa shape index (κ3) is 1.44. The summed E-state index contributed by atoms with van der Waals surface area (Å²) in [5.41, 5.74) is 5.61. The molecule has 2 fully saturated rings. The second kappa shape index (κ2) is 3.54. The Hall–Kier alpha value is -0.570. The summed E-state index contributed by atoms with van der Waals surface area (Å²) in [6, 6.07) is 0.255. The van der Waals surface area contributed by atoms with Crippen molar-refractivity contribution < 1.29 is 4.79 Å². The minimum atomic E-state index is -0.209. The minimum Gasteiger partial charge on any atom is -0.336 e. The van der Waals surface area contributed by atoms with Crippen LogP contribution in [0.3, 0.4) is 0 Å². The van der Waals surface area contributed by atoms with E-state index in [1.807, 2.05) is 4.90 Å². The summed E-state index contributed by atoms with van der Waals surface area (Å²) in [4.78, 5) is 13.5. The molecule has 80 valence electrons. The van der Waals surface area contributed by atoms with Gasteiger partial charge in [0, 0.05) is 12.6 Å². The summed E-state index contributed by atoms with van der Waals surface area (Å²) in [5.74, 6) is 1.55. The number of hydrogen-bond donors (Lipinski definition) is 1. The number of hydrogen-bond acceptors (Lipinski definition) is 2. The van der Waals surface area contributed by atoms with Gasteiger partial charge in [0.1, 0.15) is 6.04 Å². The van der Waals surface area contributed by atoms with Gasteiger partial charge in [-0.15, -0.1) is 0 Å². The molecule has 1 amide bonds. The predicted molar refractivity (Wildman–Crippen MR) is 55.7 cm³/mol. The number of likely N-dealkylation sites (tertiary alicyclic amines) is 1. The lowest BCUT2D eigenvalue weighted by molar-refractivity contribution is -0.148. The summed E-state index contributed by atoms with van der Waals surface area (Å²) in [6.45, 7) is 5.34. The highest BCUT2D eigenvalue weighted by Gasteiger charge is 2.42. The van der Waals surface area contributed by atoms with E-state index in [2.05, 4.69) is 13.8 Å². The van der Waals surface area contributed by atoms with Crippen LogP contribution in [0, 0.1) is 11.8 Å². The molecule has 1 aliphatic carbocycles. The van der Waals surface area contributed by atoms with Crippen molar-refractivity contribution in [2.75, 3.05) is 6.54 Å². The smallest absolute Gasteiger partial charge is 0.241 e. The van der Waals surface area contributed by atoms with Crippen molar-refractivity contribution in [3.05, 3.63) is 0 Å². The van der Waals surface area contributed by atoms with Gasteiger partial charge in [0.15, 0.2) is 0 Å². The SMILES string of the molecule is CC1CCCC(N2CC(N)C2=O)C1C. The van der Waals surface area contributed by atoms with Crippen molar-refractivity contribution in [2.24, 2.45) is 17.6 Å². The highest BCUT2D eigenvalue weighted by molar-refractivity contribution is 5.88. The molecule has 2 aliphatic rings. The number of amides is 1. The van der Waals surface area contributed by atoms with E-state index in [-0.39, 0.29) is 11.9 Å². The van der Waals surface area contributed by atoms with Crippen LogP contribution in [0.2, 0.25) is 0 Å². The average molecular weight is 196 g/mol. The third-order valence-electron chi connectivity index (χ3n) is 4.06. The van der Waals surface area contributed by atoms with Gasteiger partial charge in [0.2, 0.25) is 5.91 Å². The minimum absolute atomic E-state index is 0.163. The van der Waals surface area contributed by atoms with Crippen LogP contribution < -0.4 is 5.73 Å². The molecule has 4 atom stereocenters. The van der Waals surface area contributed by atoms with Crippen molar-refractivity contribution in [1.82, 2.24) is 4.90 Å². The first-order valence-corrected chi connectivity index (χ1v) is 5.67. The maximum absolute atomic E-state index is 11.5. The van der Waals surface area contributed by atoms with Crippen LogP contribution in [0.5, 0.6) is 0 Å². The molecule has 1 saturated carbocycles.